The van der Waals surface area contributed by atoms with E-state index < -0.39 is 10.0 Å². The van der Waals surface area contributed by atoms with Crippen LogP contribution in [0.3, 0.4) is 0 Å². The molecule has 0 spiro atoms. The molecule has 0 unspecified atom stereocenters. The van der Waals surface area contributed by atoms with Crippen LogP contribution in [0.4, 0.5) is 5.69 Å². The quantitative estimate of drug-likeness (QED) is 0.905. The van der Waals surface area contributed by atoms with E-state index in [0.29, 0.717) is 11.3 Å². The number of nitrogens with one attached hydrogen (secondary N) is 1. The van der Waals surface area contributed by atoms with E-state index in [0.717, 1.165) is 0 Å². The second-order valence-electron chi connectivity index (χ2n) is 4.22. The normalized spacial score (nSPS) is 10.9. The first-order chi connectivity index (χ1) is 9.96. The summed E-state index contributed by atoms with van der Waals surface area (Å²) in [6, 6.07) is 12.2. The van der Waals surface area contributed by atoms with Crippen molar-refractivity contribution in [3.63, 3.8) is 0 Å². The molecule has 0 radical (unpaired) electrons. The maximum Gasteiger partial charge on any atom is 0.263 e. The first-order valence-electron chi connectivity index (χ1n) is 5.88. The smallest absolute Gasteiger partial charge is 0.263 e. The van der Waals surface area contributed by atoms with E-state index in [2.05, 4.69) is 4.72 Å². The van der Waals surface area contributed by atoms with Crippen LogP contribution in [0, 0.1) is 11.3 Å². The lowest BCUT2D eigenvalue weighted by molar-refractivity contribution is 0.282. The highest BCUT2D eigenvalue weighted by molar-refractivity contribution is 7.92. The predicted octanol–water partition coefficient (Wildman–Crippen LogP) is 2.50. The average Bonchev–Trinajstić information content (AvgIpc) is 2.47. The second kappa shape index (κ2) is 6.14. The van der Waals surface area contributed by atoms with Crippen LogP contribution in [-0.4, -0.2) is 13.5 Å². The highest BCUT2D eigenvalue weighted by atomic mass is 35.5. The molecule has 0 amide bonds. The van der Waals surface area contributed by atoms with E-state index in [9.17, 15) is 8.42 Å². The molecule has 0 bridgehead atoms. The van der Waals surface area contributed by atoms with Crippen molar-refractivity contribution in [3.8, 4) is 6.07 Å². The molecule has 0 aliphatic heterocycles. The Bertz CT molecular complexity index is 813. The molecule has 21 heavy (non-hydrogen) atoms. The molecule has 0 fully saturated rings. The first-order valence-corrected chi connectivity index (χ1v) is 7.74. The lowest BCUT2D eigenvalue weighted by Gasteiger charge is -2.10. The topological polar surface area (TPSA) is 90.2 Å². The number of nitriles is 1. The molecule has 2 aromatic rings. The molecule has 0 aliphatic carbocycles. The van der Waals surface area contributed by atoms with Gasteiger partial charge in [-0.2, -0.15) is 5.26 Å². The predicted molar refractivity (Wildman–Crippen MR) is 79.3 cm³/mol. The van der Waals surface area contributed by atoms with Crippen molar-refractivity contribution in [1.29, 1.82) is 5.26 Å². The maximum atomic E-state index is 12.3. The molecule has 0 saturated carbocycles. The molecular formula is C14H11ClN2O3S. The summed E-state index contributed by atoms with van der Waals surface area (Å²) in [5.74, 6) is 0. The molecule has 2 N–H and O–H groups in total. The van der Waals surface area contributed by atoms with Gasteiger partial charge in [-0.25, -0.2) is 8.42 Å². The summed E-state index contributed by atoms with van der Waals surface area (Å²) in [7, 11) is -3.92. The Morgan fingerprint density at radius 2 is 2.00 bits per heavy atom. The fourth-order valence-corrected chi connectivity index (χ4v) is 3.30. The fraction of sp³-hybridized carbons (Fsp3) is 0.0714. The van der Waals surface area contributed by atoms with Gasteiger partial charge in [0.15, 0.2) is 0 Å². The third-order valence-electron chi connectivity index (χ3n) is 2.71. The van der Waals surface area contributed by atoms with Gasteiger partial charge >= 0.3 is 0 Å². The van der Waals surface area contributed by atoms with Gasteiger partial charge in [-0.1, -0.05) is 23.7 Å². The van der Waals surface area contributed by atoms with Crippen LogP contribution in [-0.2, 0) is 16.6 Å². The summed E-state index contributed by atoms with van der Waals surface area (Å²) in [5.41, 5.74) is 1.08. The van der Waals surface area contributed by atoms with Gasteiger partial charge in [0, 0.05) is 5.69 Å². The van der Waals surface area contributed by atoms with Crippen molar-refractivity contribution in [2.45, 2.75) is 11.5 Å². The van der Waals surface area contributed by atoms with E-state index >= 15 is 0 Å². The summed E-state index contributed by atoms with van der Waals surface area (Å²) in [4.78, 5) is -0.169. The molecule has 0 atom stereocenters. The van der Waals surface area contributed by atoms with Gasteiger partial charge in [0.05, 0.1) is 23.3 Å². The molecule has 0 aromatic heterocycles. The molecular weight excluding hydrogens is 312 g/mol. The lowest BCUT2D eigenvalue weighted by atomic mass is 10.2. The van der Waals surface area contributed by atoms with Crippen LogP contribution >= 0.6 is 11.6 Å². The fourth-order valence-electron chi connectivity index (χ4n) is 1.72. The highest BCUT2D eigenvalue weighted by Gasteiger charge is 2.19. The van der Waals surface area contributed by atoms with E-state index in [4.69, 9.17) is 22.0 Å². The van der Waals surface area contributed by atoms with Gasteiger partial charge < -0.3 is 5.11 Å². The third-order valence-corrected chi connectivity index (χ3v) is 4.57. The summed E-state index contributed by atoms with van der Waals surface area (Å²) in [5, 5.41) is 17.9. The zero-order valence-corrected chi connectivity index (χ0v) is 12.3. The Hall–Kier alpha value is -2.07. The van der Waals surface area contributed by atoms with Crippen molar-refractivity contribution in [1.82, 2.24) is 0 Å². The summed E-state index contributed by atoms with van der Waals surface area (Å²) < 4.78 is 27.0. The number of hydrogen-bond acceptors (Lipinski definition) is 4. The molecule has 2 rings (SSSR count). The van der Waals surface area contributed by atoms with Crippen molar-refractivity contribution < 1.29 is 13.5 Å². The van der Waals surface area contributed by atoms with Gasteiger partial charge in [0.25, 0.3) is 10.0 Å². The standard InChI is InChI=1S/C14H11ClN2O3S/c15-13-5-4-10(8-16)7-14(13)21(19,20)17-12-3-1-2-11(6-12)9-18/h1-7,17-18H,9H2. The van der Waals surface area contributed by atoms with Gasteiger partial charge in [0.2, 0.25) is 0 Å². The second-order valence-corrected chi connectivity index (χ2v) is 6.28. The number of hydrogen-bond donors (Lipinski definition) is 2. The van der Waals surface area contributed by atoms with Crippen LogP contribution in [0.25, 0.3) is 0 Å². The van der Waals surface area contributed by atoms with E-state index in [1.54, 1.807) is 18.2 Å². The number of halogens is 1. The number of rotatable bonds is 4. The Morgan fingerprint density at radius 3 is 2.67 bits per heavy atom. The first kappa shape index (κ1) is 15.3. The van der Waals surface area contributed by atoms with E-state index in [1.165, 1.54) is 24.3 Å². The summed E-state index contributed by atoms with van der Waals surface area (Å²) in [6.07, 6.45) is 0. The van der Waals surface area contributed by atoms with Crippen molar-refractivity contribution in [2.24, 2.45) is 0 Å². The minimum absolute atomic E-state index is 0.0276. The van der Waals surface area contributed by atoms with E-state index in [-0.39, 0.29) is 22.1 Å². The molecule has 108 valence electrons. The largest absolute Gasteiger partial charge is 0.392 e. The Morgan fingerprint density at radius 1 is 1.24 bits per heavy atom. The average molecular weight is 323 g/mol. The Labute approximate surface area is 127 Å². The monoisotopic (exact) mass is 322 g/mol. The van der Waals surface area contributed by atoms with Crippen LogP contribution in [0.5, 0.6) is 0 Å². The zero-order valence-electron chi connectivity index (χ0n) is 10.7. The van der Waals surface area contributed by atoms with Gasteiger partial charge in [-0.3, -0.25) is 4.72 Å². The highest BCUT2D eigenvalue weighted by Crippen LogP contribution is 2.25. The Kier molecular flexibility index (Phi) is 4.48. The number of aliphatic hydroxyl groups is 1. The lowest BCUT2D eigenvalue weighted by Crippen LogP contribution is -2.13. The maximum absolute atomic E-state index is 12.3. The van der Waals surface area contributed by atoms with Crippen LogP contribution in [0.2, 0.25) is 5.02 Å². The third kappa shape index (κ3) is 3.52. The molecule has 0 heterocycles. The number of benzene rings is 2. The van der Waals surface area contributed by atoms with E-state index in [1.807, 2.05) is 6.07 Å². The number of sulfonamides is 1. The van der Waals surface area contributed by atoms with Crippen molar-refractivity contribution >= 4 is 27.3 Å². The molecule has 0 saturated heterocycles. The molecule has 0 aliphatic rings. The van der Waals surface area contributed by atoms with Crippen LogP contribution in [0.1, 0.15) is 11.1 Å². The molecule has 2 aromatic carbocycles. The minimum Gasteiger partial charge on any atom is -0.392 e. The zero-order chi connectivity index (χ0) is 15.5. The van der Waals surface area contributed by atoms with Crippen LogP contribution in [0.15, 0.2) is 47.4 Å². The molecule has 7 heteroatoms. The minimum atomic E-state index is -3.92. The number of aliphatic hydroxyl groups excluding tert-OH is 1. The number of anilines is 1. The summed E-state index contributed by atoms with van der Waals surface area (Å²) >= 11 is 5.89. The summed E-state index contributed by atoms with van der Waals surface area (Å²) in [6.45, 7) is -0.194. The Balaban J connectivity index is 2.41. The molecule has 5 nitrogen and oxygen atoms in total. The SMILES string of the molecule is N#Cc1ccc(Cl)c(S(=O)(=O)Nc2cccc(CO)c2)c1. The van der Waals surface area contributed by atoms with Gasteiger partial charge in [-0.15, -0.1) is 0 Å². The van der Waals surface area contributed by atoms with Gasteiger partial charge in [-0.05, 0) is 35.9 Å². The number of nitrogens with zero attached hydrogens (tertiary/aromatic N) is 1. The van der Waals surface area contributed by atoms with Crippen molar-refractivity contribution in [3.05, 3.63) is 58.6 Å². The van der Waals surface area contributed by atoms with Crippen molar-refractivity contribution in [2.75, 3.05) is 4.72 Å². The van der Waals surface area contributed by atoms with Crippen LogP contribution < -0.4 is 4.72 Å². The van der Waals surface area contributed by atoms with Gasteiger partial charge in [0.1, 0.15) is 4.90 Å².